The Balaban J connectivity index is 2.11. The number of halogens is 3. The number of hydrogen-bond donors (Lipinski definition) is 1. The highest BCUT2D eigenvalue weighted by atomic mass is 19.4. The molecule has 0 bridgehead atoms. The summed E-state index contributed by atoms with van der Waals surface area (Å²) in [6, 6.07) is 7.22. The van der Waals surface area contributed by atoms with Crippen molar-refractivity contribution in [3.8, 4) is 0 Å². The highest BCUT2D eigenvalue weighted by Crippen LogP contribution is 2.29. The van der Waals surface area contributed by atoms with Crippen molar-refractivity contribution < 1.29 is 22.8 Å². The third kappa shape index (κ3) is 7.03. The van der Waals surface area contributed by atoms with E-state index in [-0.39, 0.29) is 30.1 Å². The van der Waals surface area contributed by atoms with E-state index in [4.69, 9.17) is 0 Å². The Morgan fingerprint density at radius 3 is 2.16 bits per heavy atom. The van der Waals surface area contributed by atoms with Gasteiger partial charge in [-0.3, -0.25) is 4.79 Å². The number of aromatic nitrogens is 1. The van der Waals surface area contributed by atoms with Gasteiger partial charge in [-0.15, -0.1) is 0 Å². The van der Waals surface area contributed by atoms with Crippen molar-refractivity contribution in [2.45, 2.75) is 46.5 Å². The summed E-state index contributed by atoms with van der Waals surface area (Å²) in [5.74, 6) is 0.0452. The molecule has 1 heterocycles. The molecule has 0 atom stereocenters. The van der Waals surface area contributed by atoms with Crippen LogP contribution in [0.5, 0.6) is 0 Å². The highest BCUT2D eigenvalue weighted by molar-refractivity contribution is 5.92. The molecule has 1 N–H and O–H groups in total. The second-order valence-corrected chi connectivity index (χ2v) is 8.51. The number of alkyl halides is 3. The lowest BCUT2D eigenvalue weighted by molar-refractivity contribution is -0.137. The van der Waals surface area contributed by atoms with Gasteiger partial charge in [0.05, 0.1) is 12.1 Å². The van der Waals surface area contributed by atoms with Crippen molar-refractivity contribution in [3.63, 3.8) is 0 Å². The third-order valence-electron chi connectivity index (χ3n) is 5.00. The molecule has 1 aromatic carbocycles. The molecule has 0 fully saturated rings. The molecule has 0 radical (unpaired) electrons. The van der Waals surface area contributed by atoms with Crippen LogP contribution in [0.4, 0.5) is 23.7 Å². The van der Waals surface area contributed by atoms with Crippen LogP contribution in [0.15, 0.2) is 42.6 Å². The number of urea groups is 1. The lowest BCUT2D eigenvalue weighted by Crippen LogP contribution is -2.48. The van der Waals surface area contributed by atoms with Gasteiger partial charge in [-0.05, 0) is 56.2 Å². The molecule has 9 heteroatoms. The van der Waals surface area contributed by atoms with Crippen LogP contribution < -0.4 is 5.32 Å². The number of carbonyl (C=O) groups is 2. The number of anilines is 1. The third-order valence-corrected chi connectivity index (χ3v) is 5.00. The molecule has 32 heavy (non-hydrogen) atoms. The van der Waals surface area contributed by atoms with Crippen LogP contribution in [-0.2, 0) is 24.6 Å². The second-order valence-electron chi connectivity index (χ2n) is 8.51. The minimum atomic E-state index is -4.45. The zero-order valence-electron chi connectivity index (χ0n) is 19.1. The summed E-state index contributed by atoms with van der Waals surface area (Å²) in [7, 11) is 1.91. The van der Waals surface area contributed by atoms with Crippen LogP contribution in [0.25, 0.3) is 0 Å². The van der Waals surface area contributed by atoms with Crippen molar-refractivity contribution in [2.75, 3.05) is 18.4 Å². The number of benzene rings is 1. The summed E-state index contributed by atoms with van der Waals surface area (Å²) in [4.78, 5) is 29.0. The Kier molecular flexibility index (Phi) is 8.35. The van der Waals surface area contributed by atoms with Gasteiger partial charge < -0.3 is 19.7 Å². The van der Waals surface area contributed by atoms with Crippen LogP contribution >= 0.6 is 0 Å². The van der Waals surface area contributed by atoms with E-state index in [9.17, 15) is 22.8 Å². The largest absolute Gasteiger partial charge is 0.416 e. The van der Waals surface area contributed by atoms with E-state index in [1.54, 1.807) is 18.7 Å². The molecule has 0 unspecified atom stereocenters. The molecule has 2 aromatic rings. The lowest BCUT2D eigenvalue weighted by Gasteiger charge is -2.31. The van der Waals surface area contributed by atoms with E-state index in [0.717, 1.165) is 17.8 Å². The van der Waals surface area contributed by atoms with Crippen LogP contribution in [0, 0.1) is 5.92 Å². The number of nitrogens with one attached hydrogen (secondary N) is 1. The fourth-order valence-corrected chi connectivity index (χ4v) is 3.22. The van der Waals surface area contributed by atoms with Crippen molar-refractivity contribution in [2.24, 2.45) is 13.0 Å². The summed E-state index contributed by atoms with van der Waals surface area (Å²) in [5, 5.41) is 2.59. The second kappa shape index (κ2) is 10.6. The fourth-order valence-electron chi connectivity index (χ4n) is 3.22. The summed E-state index contributed by atoms with van der Waals surface area (Å²) in [6.07, 6.45) is -2.54. The van der Waals surface area contributed by atoms with Gasteiger partial charge >= 0.3 is 12.2 Å². The maximum atomic E-state index is 13.1. The molecule has 0 aliphatic rings. The first-order valence-corrected chi connectivity index (χ1v) is 10.5. The van der Waals surface area contributed by atoms with Gasteiger partial charge in [0.2, 0.25) is 5.91 Å². The summed E-state index contributed by atoms with van der Waals surface area (Å²) in [6.45, 7) is 8.42. The number of aryl methyl sites for hydroxylation is 1. The normalized spacial score (nSPS) is 11.7. The van der Waals surface area contributed by atoms with E-state index in [1.165, 1.54) is 17.0 Å². The smallest absolute Gasteiger partial charge is 0.353 e. The van der Waals surface area contributed by atoms with Gasteiger partial charge in [0.1, 0.15) is 6.54 Å². The van der Waals surface area contributed by atoms with Crippen LogP contribution in [-0.4, -0.2) is 45.4 Å². The summed E-state index contributed by atoms with van der Waals surface area (Å²) < 4.78 is 40.2. The molecule has 2 rings (SSSR count). The average molecular weight is 453 g/mol. The standard InChI is InChI=1S/C23H31F3N4O2/c1-16(2)13-29(14-20-7-6-12-28(20)5)21(31)15-30(17(3)4)22(32)27-19-10-8-18(9-11-19)23(24,25)26/h6-12,16-17H,13-15H2,1-5H3,(H,27,32). The molecule has 0 aliphatic heterocycles. The van der Waals surface area contributed by atoms with Crippen molar-refractivity contribution in [1.29, 1.82) is 0 Å². The van der Waals surface area contributed by atoms with Gasteiger partial charge in [-0.2, -0.15) is 13.2 Å². The van der Waals surface area contributed by atoms with Gasteiger partial charge in [0.25, 0.3) is 0 Å². The molecule has 0 saturated carbocycles. The Labute approximate surface area is 187 Å². The lowest BCUT2D eigenvalue weighted by atomic mass is 10.2. The first-order chi connectivity index (χ1) is 14.9. The minimum absolute atomic E-state index is 0.138. The number of hydrogen-bond acceptors (Lipinski definition) is 2. The van der Waals surface area contributed by atoms with E-state index in [0.29, 0.717) is 13.1 Å². The average Bonchev–Trinajstić information content (AvgIpc) is 3.09. The summed E-state index contributed by atoms with van der Waals surface area (Å²) >= 11 is 0. The fraction of sp³-hybridized carbons (Fsp3) is 0.478. The van der Waals surface area contributed by atoms with Crippen molar-refractivity contribution >= 4 is 17.6 Å². The zero-order valence-corrected chi connectivity index (χ0v) is 19.1. The Hall–Kier alpha value is -2.97. The van der Waals surface area contributed by atoms with Gasteiger partial charge in [0.15, 0.2) is 0 Å². The topological polar surface area (TPSA) is 57.6 Å². The first-order valence-electron chi connectivity index (χ1n) is 10.5. The molecule has 1 aromatic heterocycles. The molecule has 0 saturated heterocycles. The van der Waals surface area contributed by atoms with E-state index >= 15 is 0 Å². The quantitative estimate of drug-likeness (QED) is 0.615. The molecule has 0 spiro atoms. The number of nitrogens with zero attached hydrogens (tertiary/aromatic N) is 3. The van der Waals surface area contributed by atoms with E-state index in [2.05, 4.69) is 5.32 Å². The number of amides is 3. The summed E-state index contributed by atoms with van der Waals surface area (Å²) in [5.41, 5.74) is 0.407. The monoisotopic (exact) mass is 452 g/mol. The maximum absolute atomic E-state index is 13.1. The molecule has 0 aliphatic carbocycles. The minimum Gasteiger partial charge on any atom is -0.353 e. The number of rotatable bonds is 8. The maximum Gasteiger partial charge on any atom is 0.416 e. The van der Waals surface area contributed by atoms with Gasteiger partial charge in [0, 0.05) is 37.2 Å². The van der Waals surface area contributed by atoms with E-state index < -0.39 is 17.8 Å². The molecular weight excluding hydrogens is 421 g/mol. The van der Waals surface area contributed by atoms with Crippen LogP contribution in [0.1, 0.15) is 39.0 Å². The number of carbonyl (C=O) groups excluding carboxylic acids is 2. The first kappa shape index (κ1) is 25.3. The zero-order chi connectivity index (χ0) is 24.1. The van der Waals surface area contributed by atoms with Gasteiger partial charge in [-0.25, -0.2) is 4.79 Å². The predicted molar refractivity (Wildman–Crippen MR) is 118 cm³/mol. The molecule has 6 nitrogen and oxygen atoms in total. The van der Waals surface area contributed by atoms with Crippen LogP contribution in [0.3, 0.4) is 0 Å². The van der Waals surface area contributed by atoms with E-state index in [1.807, 2.05) is 43.8 Å². The van der Waals surface area contributed by atoms with Gasteiger partial charge in [-0.1, -0.05) is 13.8 Å². The van der Waals surface area contributed by atoms with Crippen molar-refractivity contribution in [3.05, 3.63) is 53.9 Å². The molecule has 176 valence electrons. The predicted octanol–water partition coefficient (Wildman–Crippen LogP) is 4.97. The Morgan fingerprint density at radius 1 is 1.06 bits per heavy atom. The molecular formula is C23H31F3N4O2. The molecule has 3 amide bonds. The highest BCUT2D eigenvalue weighted by Gasteiger charge is 2.30. The Morgan fingerprint density at radius 2 is 1.69 bits per heavy atom. The Bertz CT molecular complexity index is 905. The van der Waals surface area contributed by atoms with Crippen molar-refractivity contribution in [1.82, 2.24) is 14.4 Å². The SMILES string of the molecule is CC(C)CN(Cc1cccn1C)C(=O)CN(C(=O)Nc1ccc(C(F)(F)F)cc1)C(C)C. The van der Waals surface area contributed by atoms with Crippen LogP contribution in [0.2, 0.25) is 0 Å².